The summed E-state index contributed by atoms with van der Waals surface area (Å²) < 4.78 is 6.25. The van der Waals surface area contributed by atoms with Gasteiger partial charge in [-0.3, -0.25) is 4.79 Å². The first kappa shape index (κ1) is 15.1. The minimum Gasteiger partial charge on any atom is -0.493 e. The minimum atomic E-state index is -0.190. The Hall–Kier alpha value is -2.32. The molecule has 4 nitrogen and oxygen atoms in total. The number of amides is 1. The Kier molecular flexibility index (Phi) is 5.35. The summed E-state index contributed by atoms with van der Waals surface area (Å²) in [5.41, 5.74) is 0.923. The van der Waals surface area contributed by atoms with Gasteiger partial charge in [-0.15, -0.1) is 0 Å². The Morgan fingerprint density at radius 1 is 1.24 bits per heavy atom. The van der Waals surface area contributed by atoms with Gasteiger partial charge in [-0.05, 0) is 30.3 Å². The van der Waals surface area contributed by atoms with E-state index in [0.717, 1.165) is 10.2 Å². The van der Waals surface area contributed by atoms with E-state index in [1.165, 1.54) is 0 Å². The highest BCUT2D eigenvalue weighted by molar-refractivity contribution is 9.10. The first-order valence-corrected chi connectivity index (χ1v) is 7.15. The lowest BCUT2D eigenvalue weighted by molar-refractivity contribution is -0.116. The van der Waals surface area contributed by atoms with Crippen molar-refractivity contribution in [3.05, 3.63) is 58.6 Å². The quantitative estimate of drug-likeness (QED) is 0.898. The van der Waals surface area contributed by atoms with Crippen molar-refractivity contribution in [2.45, 2.75) is 6.42 Å². The molecule has 2 rings (SSSR count). The average Bonchev–Trinajstić information content (AvgIpc) is 2.50. The number of nitrogens with zero attached hydrogens (tertiary/aromatic N) is 1. The summed E-state index contributed by atoms with van der Waals surface area (Å²) in [6.07, 6.45) is 0.218. The number of halogens is 1. The SMILES string of the molecule is N#Cc1cc(Br)ccc1NC(=O)CCOc1ccccc1. The van der Waals surface area contributed by atoms with Crippen LogP contribution >= 0.6 is 15.9 Å². The van der Waals surface area contributed by atoms with Crippen LogP contribution in [-0.4, -0.2) is 12.5 Å². The summed E-state index contributed by atoms with van der Waals surface area (Å²) in [7, 11) is 0. The molecule has 0 saturated heterocycles. The molecule has 0 aliphatic carbocycles. The summed E-state index contributed by atoms with van der Waals surface area (Å²) in [5, 5.41) is 11.7. The van der Waals surface area contributed by atoms with E-state index >= 15 is 0 Å². The van der Waals surface area contributed by atoms with E-state index in [1.54, 1.807) is 18.2 Å². The van der Waals surface area contributed by atoms with E-state index in [2.05, 4.69) is 21.2 Å². The lowest BCUT2D eigenvalue weighted by Crippen LogP contribution is -2.15. The van der Waals surface area contributed by atoms with E-state index in [1.807, 2.05) is 36.4 Å². The summed E-state index contributed by atoms with van der Waals surface area (Å²) in [6.45, 7) is 0.286. The monoisotopic (exact) mass is 344 g/mol. The number of nitriles is 1. The van der Waals surface area contributed by atoms with Crippen LogP contribution in [0.5, 0.6) is 5.75 Å². The predicted molar refractivity (Wildman–Crippen MR) is 84.0 cm³/mol. The summed E-state index contributed by atoms with van der Waals surface area (Å²) >= 11 is 3.29. The Morgan fingerprint density at radius 3 is 2.71 bits per heavy atom. The number of ether oxygens (including phenoxy) is 1. The highest BCUT2D eigenvalue weighted by atomic mass is 79.9. The van der Waals surface area contributed by atoms with Crippen LogP contribution in [0.1, 0.15) is 12.0 Å². The first-order valence-electron chi connectivity index (χ1n) is 6.36. The normalized spacial score (nSPS) is 9.71. The van der Waals surface area contributed by atoms with Gasteiger partial charge in [0.2, 0.25) is 5.91 Å². The summed E-state index contributed by atoms with van der Waals surface area (Å²) in [4.78, 5) is 11.8. The molecule has 0 aliphatic heterocycles. The van der Waals surface area contributed by atoms with E-state index < -0.39 is 0 Å². The third-order valence-electron chi connectivity index (χ3n) is 2.72. The fourth-order valence-electron chi connectivity index (χ4n) is 1.71. The largest absolute Gasteiger partial charge is 0.493 e. The van der Waals surface area contributed by atoms with Crippen molar-refractivity contribution < 1.29 is 9.53 Å². The van der Waals surface area contributed by atoms with Crippen molar-refractivity contribution in [2.75, 3.05) is 11.9 Å². The van der Waals surface area contributed by atoms with Crippen LogP contribution in [0.15, 0.2) is 53.0 Å². The molecule has 0 radical (unpaired) electrons. The molecule has 0 aliphatic rings. The van der Waals surface area contributed by atoms with Gasteiger partial charge >= 0.3 is 0 Å². The number of hydrogen-bond donors (Lipinski definition) is 1. The number of carbonyl (C=O) groups excluding carboxylic acids is 1. The maximum absolute atomic E-state index is 11.8. The van der Waals surface area contributed by atoms with Crippen LogP contribution < -0.4 is 10.1 Å². The Bertz CT molecular complexity index is 666. The van der Waals surface area contributed by atoms with Crippen LogP contribution in [0.3, 0.4) is 0 Å². The Labute approximate surface area is 131 Å². The predicted octanol–water partition coefficient (Wildman–Crippen LogP) is 3.73. The van der Waals surface area contributed by atoms with Gasteiger partial charge in [-0.1, -0.05) is 34.1 Å². The summed E-state index contributed by atoms with van der Waals surface area (Å²) in [6, 6.07) is 16.5. The van der Waals surface area contributed by atoms with Crippen LogP contribution in [0.4, 0.5) is 5.69 Å². The highest BCUT2D eigenvalue weighted by Gasteiger charge is 2.07. The van der Waals surface area contributed by atoms with Crippen LogP contribution in [-0.2, 0) is 4.79 Å². The molecule has 0 fully saturated rings. The average molecular weight is 345 g/mol. The third-order valence-corrected chi connectivity index (χ3v) is 3.21. The number of para-hydroxylation sites is 1. The molecule has 21 heavy (non-hydrogen) atoms. The van der Waals surface area contributed by atoms with Crippen LogP contribution in [0.2, 0.25) is 0 Å². The number of rotatable bonds is 5. The molecule has 5 heteroatoms. The zero-order valence-corrected chi connectivity index (χ0v) is 12.8. The molecule has 1 amide bonds. The Balaban J connectivity index is 1.86. The molecule has 2 aromatic carbocycles. The van der Waals surface area contributed by atoms with E-state index in [0.29, 0.717) is 11.3 Å². The molecule has 0 spiro atoms. The van der Waals surface area contributed by atoms with Crippen LogP contribution in [0, 0.1) is 11.3 Å². The second-order valence-electron chi connectivity index (χ2n) is 4.26. The fraction of sp³-hybridized carbons (Fsp3) is 0.125. The minimum absolute atomic E-state index is 0.190. The smallest absolute Gasteiger partial charge is 0.227 e. The lowest BCUT2D eigenvalue weighted by atomic mass is 10.2. The number of anilines is 1. The number of nitrogens with one attached hydrogen (secondary N) is 1. The molecular weight excluding hydrogens is 332 g/mol. The van der Waals surface area contributed by atoms with Crippen molar-refractivity contribution in [3.8, 4) is 11.8 Å². The molecule has 2 aromatic rings. The molecule has 0 bridgehead atoms. The number of benzene rings is 2. The molecule has 0 atom stereocenters. The van der Waals surface area contributed by atoms with E-state index in [4.69, 9.17) is 10.00 Å². The fourth-order valence-corrected chi connectivity index (χ4v) is 2.07. The van der Waals surface area contributed by atoms with Gasteiger partial charge in [0.15, 0.2) is 0 Å². The van der Waals surface area contributed by atoms with Crippen molar-refractivity contribution in [3.63, 3.8) is 0 Å². The molecule has 0 heterocycles. The number of carbonyl (C=O) groups is 1. The van der Waals surface area contributed by atoms with Gasteiger partial charge < -0.3 is 10.1 Å². The molecule has 1 N–H and O–H groups in total. The third kappa shape index (κ3) is 4.62. The van der Waals surface area contributed by atoms with Crippen molar-refractivity contribution in [2.24, 2.45) is 0 Å². The van der Waals surface area contributed by atoms with Gasteiger partial charge in [0.05, 0.1) is 24.3 Å². The highest BCUT2D eigenvalue weighted by Crippen LogP contribution is 2.20. The second-order valence-corrected chi connectivity index (χ2v) is 5.18. The van der Waals surface area contributed by atoms with Gasteiger partial charge in [0.1, 0.15) is 11.8 Å². The maximum Gasteiger partial charge on any atom is 0.227 e. The first-order chi connectivity index (χ1) is 10.2. The molecule has 0 unspecified atom stereocenters. The molecule has 0 aromatic heterocycles. The standard InChI is InChI=1S/C16H13BrN2O2/c17-13-6-7-15(12(10-13)11-18)19-16(20)8-9-21-14-4-2-1-3-5-14/h1-7,10H,8-9H2,(H,19,20). The second kappa shape index (κ2) is 7.46. The molecule has 106 valence electrons. The molecule has 0 saturated carbocycles. The maximum atomic E-state index is 11.8. The summed E-state index contributed by atoms with van der Waals surface area (Å²) in [5.74, 6) is 0.538. The van der Waals surface area contributed by atoms with Gasteiger partial charge in [0.25, 0.3) is 0 Å². The van der Waals surface area contributed by atoms with Gasteiger partial charge in [-0.2, -0.15) is 5.26 Å². The van der Waals surface area contributed by atoms with Crippen LogP contribution in [0.25, 0.3) is 0 Å². The van der Waals surface area contributed by atoms with Crippen molar-refractivity contribution >= 4 is 27.5 Å². The van der Waals surface area contributed by atoms with E-state index in [-0.39, 0.29) is 18.9 Å². The molecular formula is C16H13BrN2O2. The topological polar surface area (TPSA) is 62.1 Å². The van der Waals surface area contributed by atoms with Crippen molar-refractivity contribution in [1.82, 2.24) is 0 Å². The number of hydrogen-bond acceptors (Lipinski definition) is 3. The lowest BCUT2D eigenvalue weighted by Gasteiger charge is -2.08. The van der Waals surface area contributed by atoms with Gasteiger partial charge in [0, 0.05) is 4.47 Å². The zero-order valence-electron chi connectivity index (χ0n) is 11.2. The Morgan fingerprint density at radius 2 is 2.00 bits per heavy atom. The van der Waals surface area contributed by atoms with Crippen molar-refractivity contribution in [1.29, 1.82) is 5.26 Å². The van der Waals surface area contributed by atoms with Gasteiger partial charge in [-0.25, -0.2) is 0 Å². The zero-order chi connectivity index (χ0) is 15.1. The van der Waals surface area contributed by atoms with E-state index in [9.17, 15) is 4.79 Å².